The van der Waals surface area contributed by atoms with Gasteiger partial charge in [0.1, 0.15) is 0 Å². The SMILES string of the molecule is C/C=C(C)\C=C(/C)n1c(C)cc2cccc(Cl)c2c1=O. The topological polar surface area (TPSA) is 22.0 Å². The first-order valence-corrected chi connectivity index (χ1v) is 6.96. The molecule has 0 amide bonds. The average Bonchev–Trinajstić information content (AvgIpc) is 2.37. The molecule has 0 atom stereocenters. The van der Waals surface area contributed by atoms with Crippen LogP contribution in [0, 0.1) is 6.92 Å². The summed E-state index contributed by atoms with van der Waals surface area (Å²) in [6.07, 6.45) is 4.01. The van der Waals surface area contributed by atoms with Crippen molar-refractivity contribution in [2.75, 3.05) is 0 Å². The van der Waals surface area contributed by atoms with Crippen LogP contribution in [-0.4, -0.2) is 4.57 Å². The molecule has 0 aliphatic heterocycles. The van der Waals surface area contributed by atoms with Gasteiger partial charge in [-0.25, -0.2) is 0 Å². The van der Waals surface area contributed by atoms with Crippen molar-refractivity contribution in [1.82, 2.24) is 4.57 Å². The summed E-state index contributed by atoms with van der Waals surface area (Å²) in [6, 6.07) is 7.52. The standard InChI is InChI=1S/C17H18ClNO/c1-5-11(2)9-12(3)19-13(4)10-14-7-6-8-15(18)16(14)17(19)20/h5-10H,1-4H3/b11-5-,12-9+. The third kappa shape index (κ3) is 2.56. The predicted octanol–water partition coefficient (Wildman–Crippen LogP) is 4.79. The molecule has 0 saturated carbocycles. The van der Waals surface area contributed by atoms with Gasteiger partial charge in [-0.05, 0) is 51.3 Å². The molecule has 0 fully saturated rings. The van der Waals surface area contributed by atoms with Crippen LogP contribution in [0.5, 0.6) is 0 Å². The highest BCUT2D eigenvalue weighted by Gasteiger charge is 2.10. The number of halogens is 1. The van der Waals surface area contributed by atoms with Crippen molar-refractivity contribution in [1.29, 1.82) is 0 Å². The molecule has 1 heterocycles. The molecule has 0 spiro atoms. The van der Waals surface area contributed by atoms with Crippen LogP contribution in [0.4, 0.5) is 0 Å². The summed E-state index contributed by atoms with van der Waals surface area (Å²) >= 11 is 6.18. The lowest BCUT2D eigenvalue weighted by atomic mass is 10.1. The number of hydrogen-bond acceptors (Lipinski definition) is 1. The maximum atomic E-state index is 12.7. The Morgan fingerprint density at radius 1 is 1.30 bits per heavy atom. The van der Waals surface area contributed by atoms with Gasteiger partial charge in [-0.2, -0.15) is 0 Å². The minimum Gasteiger partial charge on any atom is -0.285 e. The van der Waals surface area contributed by atoms with E-state index in [1.165, 1.54) is 0 Å². The van der Waals surface area contributed by atoms with Crippen molar-refractivity contribution >= 4 is 28.1 Å². The fourth-order valence-corrected chi connectivity index (χ4v) is 2.63. The molecular formula is C17H18ClNO. The Hall–Kier alpha value is -1.80. The van der Waals surface area contributed by atoms with Crippen LogP contribution in [-0.2, 0) is 0 Å². The highest BCUT2D eigenvalue weighted by atomic mass is 35.5. The van der Waals surface area contributed by atoms with E-state index in [0.29, 0.717) is 10.4 Å². The fourth-order valence-electron chi connectivity index (χ4n) is 2.36. The molecule has 0 saturated heterocycles. The number of allylic oxidation sites excluding steroid dienone is 4. The van der Waals surface area contributed by atoms with E-state index in [0.717, 1.165) is 22.4 Å². The Balaban J connectivity index is 2.82. The minimum absolute atomic E-state index is 0.0664. The molecule has 3 heteroatoms. The summed E-state index contributed by atoms with van der Waals surface area (Å²) in [5.41, 5.74) is 2.85. The van der Waals surface area contributed by atoms with E-state index in [1.54, 1.807) is 10.6 Å². The van der Waals surface area contributed by atoms with Crippen LogP contribution in [0.25, 0.3) is 16.5 Å². The minimum atomic E-state index is -0.0664. The Morgan fingerprint density at radius 2 is 2.00 bits per heavy atom. The summed E-state index contributed by atoms with van der Waals surface area (Å²) in [6.45, 7) is 7.86. The van der Waals surface area contributed by atoms with E-state index >= 15 is 0 Å². The van der Waals surface area contributed by atoms with Gasteiger partial charge in [0.15, 0.2) is 0 Å². The molecule has 0 aliphatic rings. The number of pyridine rings is 1. The van der Waals surface area contributed by atoms with Crippen molar-refractivity contribution in [3.8, 4) is 0 Å². The van der Waals surface area contributed by atoms with Crippen LogP contribution in [0.3, 0.4) is 0 Å². The molecule has 20 heavy (non-hydrogen) atoms. The van der Waals surface area contributed by atoms with Gasteiger partial charge in [0.25, 0.3) is 5.56 Å². The third-order valence-corrected chi connectivity index (χ3v) is 3.74. The van der Waals surface area contributed by atoms with Gasteiger partial charge in [0.2, 0.25) is 0 Å². The molecule has 0 radical (unpaired) electrons. The maximum Gasteiger partial charge on any atom is 0.264 e. The van der Waals surface area contributed by atoms with Gasteiger partial charge in [0.05, 0.1) is 10.4 Å². The Bertz CT molecular complexity index is 781. The van der Waals surface area contributed by atoms with E-state index in [1.807, 2.05) is 58.0 Å². The van der Waals surface area contributed by atoms with Gasteiger partial charge in [-0.15, -0.1) is 0 Å². The fraction of sp³-hybridized carbons (Fsp3) is 0.235. The van der Waals surface area contributed by atoms with Crippen LogP contribution >= 0.6 is 11.6 Å². The monoisotopic (exact) mass is 287 g/mol. The third-order valence-electron chi connectivity index (χ3n) is 3.42. The van der Waals surface area contributed by atoms with Crippen LogP contribution < -0.4 is 5.56 Å². The van der Waals surface area contributed by atoms with E-state index in [-0.39, 0.29) is 5.56 Å². The molecule has 2 rings (SSSR count). The lowest BCUT2D eigenvalue weighted by Crippen LogP contribution is -2.21. The van der Waals surface area contributed by atoms with E-state index < -0.39 is 0 Å². The second-order valence-electron chi connectivity index (χ2n) is 4.95. The quantitative estimate of drug-likeness (QED) is 0.728. The Morgan fingerprint density at radius 3 is 2.65 bits per heavy atom. The largest absolute Gasteiger partial charge is 0.285 e. The van der Waals surface area contributed by atoms with Crippen LogP contribution in [0.15, 0.2) is 46.8 Å². The van der Waals surface area contributed by atoms with E-state index in [9.17, 15) is 4.79 Å². The molecule has 2 aromatic rings. The van der Waals surface area contributed by atoms with Crippen molar-refractivity contribution in [2.24, 2.45) is 0 Å². The van der Waals surface area contributed by atoms with Gasteiger partial charge in [-0.1, -0.05) is 35.4 Å². The summed E-state index contributed by atoms with van der Waals surface area (Å²) in [5, 5.41) is 1.95. The van der Waals surface area contributed by atoms with Crippen molar-refractivity contribution in [2.45, 2.75) is 27.7 Å². The molecule has 0 bridgehead atoms. The number of aryl methyl sites for hydroxylation is 1. The zero-order chi connectivity index (χ0) is 14.9. The molecule has 2 nitrogen and oxygen atoms in total. The van der Waals surface area contributed by atoms with Gasteiger partial charge in [-0.3, -0.25) is 9.36 Å². The second-order valence-corrected chi connectivity index (χ2v) is 5.36. The molecule has 0 N–H and O–H groups in total. The Labute approximate surface area is 124 Å². The Kier molecular flexibility index (Phi) is 4.15. The number of nitrogens with zero attached hydrogens (tertiary/aromatic N) is 1. The van der Waals surface area contributed by atoms with Crippen molar-refractivity contribution in [3.63, 3.8) is 0 Å². The first-order valence-electron chi connectivity index (χ1n) is 6.58. The number of benzene rings is 1. The first kappa shape index (κ1) is 14.6. The number of aromatic nitrogens is 1. The lowest BCUT2D eigenvalue weighted by Gasteiger charge is -2.13. The van der Waals surface area contributed by atoms with Gasteiger partial charge in [0, 0.05) is 11.4 Å². The number of rotatable bonds is 2. The first-order chi connectivity index (χ1) is 9.45. The highest BCUT2D eigenvalue weighted by Crippen LogP contribution is 2.22. The molecular weight excluding hydrogens is 270 g/mol. The van der Waals surface area contributed by atoms with Gasteiger partial charge >= 0.3 is 0 Å². The van der Waals surface area contributed by atoms with E-state index in [2.05, 4.69) is 0 Å². The molecule has 0 unspecified atom stereocenters. The predicted molar refractivity (Wildman–Crippen MR) is 87.3 cm³/mol. The van der Waals surface area contributed by atoms with Crippen molar-refractivity contribution < 1.29 is 0 Å². The summed E-state index contributed by atoms with van der Waals surface area (Å²) in [7, 11) is 0. The molecule has 1 aromatic heterocycles. The lowest BCUT2D eigenvalue weighted by molar-refractivity contribution is 0.965. The molecule has 104 valence electrons. The molecule has 1 aromatic carbocycles. The normalized spacial score (nSPS) is 13.1. The number of hydrogen-bond donors (Lipinski definition) is 0. The van der Waals surface area contributed by atoms with Crippen LogP contribution in [0.1, 0.15) is 26.5 Å². The van der Waals surface area contributed by atoms with E-state index in [4.69, 9.17) is 11.6 Å². The highest BCUT2D eigenvalue weighted by molar-refractivity contribution is 6.35. The summed E-state index contributed by atoms with van der Waals surface area (Å²) in [5.74, 6) is 0. The zero-order valence-electron chi connectivity index (χ0n) is 12.2. The average molecular weight is 288 g/mol. The summed E-state index contributed by atoms with van der Waals surface area (Å²) in [4.78, 5) is 12.7. The van der Waals surface area contributed by atoms with Crippen molar-refractivity contribution in [3.05, 3.63) is 63.1 Å². The smallest absolute Gasteiger partial charge is 0.264 e. The summed E-state index contributed by atoms with van der Waals surface area (Å²) < 4.78 is 1.71. The maximum absolute atomic E-state index is 12.7. The van der Waals surface area contributed by atoms with Crippen LogP contribution in [0.2, 0.25) is 5.02 Å². The number of fused-ring (bicyclic) bond motifs is 1. The zero-order valence-corrected chi connectivity index (χ0v) is 13.0. The molecule has 0 aliphatic carbocycles. The second kappa shape index (κ2) is 5.68. The van der Waals surface area contributed by atoms with Gasteiger partial charge < -0.3 is 0 Å².